The van der Waals surface area contributed by atoms with Crippen molar-refractivity contribution in [1.29, 1.82) is 0 Å². The summed E-state index contributed by atoms with van der Waals surface area (Å²) in [4.78, 5) is 39.4. The molecule has 0 unspecified atom stereocenters. The third-order valence-electron chi connectivity index (χ3n) is 7.03. The molecular formula is C31H38N4O8S. The van der Waals surface area contributed by atoms with Gasteiger partial charge in [0.1, 0.15) is 24.1 Å². The van der Waals surface area contributed by atoms with Gasteiger partial charge in [0.2, 0.25) is 11.8 Å². The predicted molar refractivity (Wildman–Crippen MR) is 166 cm³/mol. The molecule has 3 aromatic carbocycles. The highest BCUT2D eigenvalue weighted by atomic mass is 32.2. The lowest BCUT2D eigenvalue weighted by Gasteiger charge is -2.33. The minimum atomic E-state index is -4.51. The molecule has 0 spiro atoms. The van der Waals surface area contributed by atoms with Gasteiger partial charge in [0.25, 0.3) is 15.7 Å². The molecule has 0 heterocycles. The van der Waals surface area contributed by atoms with E-state index in [1.807, 2.05) is 6.92 Å². The van der Waals surface area contributed by atoms with Crippen molar-refractivity contribution in [2.45, 2.75) is 51.1 Å². The fourth-order valence-corrected chi connectivity index (χ4v) is 6.04. The van der Waals surface area contributed by atoms with Crippen LogP contribution in [0.2, 0.25) is 0 Å². The second-order valence-corrected chi connectivity index (χ2v) is 11.9. The number of ether oxygens (including phenoxy) is 2. The molecule has 0 radical (unpaired) electrons. The predicted octanol–water partition coefficient (Wildman–Crippen LogP) is 4.45. The summed E-state index contributed by atoms with van der Waals surface area (Å²) in [6, 6.07) is 15.7. The largest absolute Gasteiger partial charge is 0.497 e. The summed E-state index contributed by atoms with van der Waals surface area (Å²) in [5.74, 6) is 0.00871. The smallest absolute Gasteiger partial charge is 0.273 e. The maximum absolute atomic E-state index is 14.2. The molecule has 236 valence electrons. The fourth-order valence-electron chi connectivity index (χ4n) is 4.60. The molecule has 0 bridgehead atoms. The van der Waals surface area contributed by atoms with Crippen molar-refractivity contribution in [1.82, 2.24) is 10.2 Å². The van der Waals surface area contributed by atoms with Gasteiger partial charge in [0.15, 0.2) is 0 Å². The van der Waals surface area contributed by atoms with Crippen LogP contribution in [-0.2, 0) is 26.2 Å². The Morgan fingerprint density at radius 2 is 1.66 bits per heavy atom. The minimum absolute atomic E-state index is 0.000584. The summed E-state index contributed by atoms with van der Waals surface area (Å²) in [6.07, 6.45) is 0.961. The van der Waals surface area contributed by atoms with Crippen molar-refractivity contribution in [3.05, 3.63) is 88.0 Å². The summed E-state index contributed by atoms with van der Waals surface area (Å²) in [7, 11) is -1.53. The van der Waals surface area contributed by atoms with E-state index in [1.54, 1.807) is 43.3 Å². The van der Waals surface area contributed by atoms with Crippen molar-refractivity contribution in [3.63, 3.8) is 0 Å². The number of carbonyl (C=O) groups is 2. The molecule has 12 nitrogen and oxygen atoms in total. The standard InChI is InChI=1S/C31H38N4O8S/c1-6-17-32-31(37)28(7-2)33(20-23-9-8-10-26(18-23)43-5)30(36)21-34(24-12-14-25(42-4)15-13-24)44(40,41)27-16-11-22(3)29(19-27)35(38)39/h8-16,18-19,28H,6-7,17,20-21H2,1-5H3,(H,32,37)/t28-/m1/s1. The second-order valence-electron chi connectivity index (χ2n) is 10.0. The Bertz CT molecular complexity index is 1580. The zero-order chi connectivity index (χ0) is 32.4. The summed E-state index contributed by atoms with van der Waals surface area (Å²) < 4.78 is 39.6. The average Bonchev–Trinajstić information content (AvgIpc) is 3.02. The van der Waals surface area contributed by atoms with Gasteiger partial charge in [-0.3, -0.25) is 24.0 Å². The topological polar surface area (TPSA) is 148 Å². The van der Waals surface area contributed by atoms with Crippen LogP contribution in [-0.4, -0.2) is 63.4 Å². The van der Waals surface area contributed by atoms with Gasteiger partial charge in [-0.1, -0.05) is 32.0 Å². The molecule has 0 aliphatic heterocycles. The molecule has 13 heteroatoms. The first kappa shape index (κ1) is 33.8. The lowest BCUT2D eigenvalue weighted by molar-refractivity contribution is -0.385. The Kier molecular flexibility index (Phi) is 11.7. The number of amides is 2. The van der Waals surface area contributed by atoms with Gasteiger partial charge in [0.05, 0.1) is 29.7 Å². The lowest BCUT2D eigenvalue weighted by atomic mass is 10.1. The third kappa shape index (κ3) is 8.04. The second kappa shape index (κ2) is 15.2. The molecule has 0 saturated heterocycles. The molecule has 2 amide bonds. The number of rotatable bonds is 15. The van der Waals surface area contributed by atoms with Gasteiger partial charge >= 0.3 is 0 Å². The van der Waals surface area contributed by atoms with Crippen LogP contribution < -0.4 is 19.1 Å². The number of hydrogen-bond donors (Lipinski definition) is 1. The highest BCUT2D eigenvalue weighted by molar-refractivity contribution is 7.92. The first-order valence-electron chi connectivity index (χ1n) is 14.1. The van der Waals surface area contributed by atoms with Crippen LogP contribution in [0.5, 0.6) is 11.5 Å². The SMILES string of the molecule is CCCNC(=O)[C@@H](CC)N(Cc1cccc(OC)c1)C(=O)CN(c1ccc(OC)cc1)S(=O)(=O)c1ccc(C)c([N+](=O)[O-])c1. The van der Waals surface area contributed by atoms with Crippen LogP contribution in [0, 0.1) is 17.0 Å². The lowest BCUT2D eigenvalue weighted by Crippen LogP contribution is -2.52. The number of anilines is 1. The van der Waals surface area contributed by atoms with E-state index in [9.17, 15) is 28.1 Å². The van der Waals surface area contributed by atoms with Gasteiger partial charge in [-0.15, -0.1) is 0 Å². The van der Waals surface area contributed by atoms with Crippen LogP contribution in [0.3, 0.4) is 0 Å². The van der Waals surface area contributed by atoms with Crippen LogP contribution >= 0.6 is 0 Å². The quantitative estimate of drug-likeness (QED) is 0.192. The number of nitrogens with one attached hydrogen (secondary N) is 1. The number of nitrogens with zero attached hydrogens (tertiary/aromatic N) is 3. The first-order chi connectivity index (χ1) is 21.0. The Hall–Kier alpha value is -4.65. The normalized spacial score (nSPS) is 11.8. The summed E-state index contributed by atoms with van der Waals surface area (Å²) in [5, 5.41) is 14.5. The molecule has 1 atom stereocenters. The number of carbonyl (C=O) groups excluding carboxylic acids is 2. The minimum Gasteiger partial charge on any atom is -0.497 e. The first-order valence-corrected chi connectivity index (χ1v) is 15.5. The van der Waals surface area contributed by atoms with Crippen molar-refractivity contribution in [2.75, 3.05) is 31.6 Å². The number of hydrogen-bond acceptors (Lipinski definition) is 8. The van der Waals surface area contributed by atoms with E-state index in [2.05, 4.69) is 5.32 Å². The van der Waals surface area contributed by atoms with E-state index in [0.29, 0.717) is 30.0 Å². The van der Waals surface area contributed by atoms with E-state index in [1.165, 1.54) is 50.3 Å². The van der Waals surface area contributed by atoms with E-state index in [-0.39, 0.29) is 40.7 Å². The fraction of sp³-hybridized carbons (Fsp3) is 0.355. The van der Waals surface area contributed by atoms with Gasteiger partial charge in [-0.05, 0) is 67.8 Å². The Labute approximate surface area is 257 Å². The number of methoxy groups -OCH3 is 2. The zero-order valence-electron chi connectivity index (χ0n) is 25.5. The monoisotopic (exact) mass is 626 g/mol. The molecule has 0 aliphatic carbocycles. The maximum Gasteiger partial charge on any atom is 0.273 e. The van der Waals surface area contributed by atoms with E-state index in [4.69, 9.17) is 9.47 Å². The number of nitro benzene ring substituents is 1. The van der Waals surface area contributed by atoms with Gasteiger partial charge in [-0.2, -0.15) is 0 Å². The van der Waals surface area contributed by atoms with Crippen LogP contribution in [0.1, 0.15) is 37.8 Å². The Morgan fingerprint density at radius 3 is 2.25 bits per heavy atom. The van der Waals surface area contributed by atoms with Gasteiger partial charge in [0, 0.05) is 24.7 Å². The number of aryl methyl sites for hydroxylation is 1. The number of benzene rings is 3. The Balaban J connectivity index is 2.12. The molecule has 0 aromatic heterocycles. The Morgan fingerprint density at radius 1 is 0.977 bits per heavy atom. The van der Waals surface area contributed by atoms with Crippen LogP contribution in [0.4, 0.5) is 11.4 Å². The molecule has 0 fully saturated rings. The van der Waals surface area contributed by atoms with Crippen molar-refractivity contribution in [2.24, 2.45) is 0 Å². The molecule has 3 rings (SSSR count). The van der Waals surface area contributed by atoms with Crippen molar-refractivity contribution >= 4 is 33.2 Å². The highest BCUT2D eigenvalue weighted by Gasteiger charge is 2.34. The molecule has 44 heavy (non-hydrogen) atoms. The van der Waals surface area contributed by atoms with E-state index in [0.717, 1.165) is 10.4 Å². The molecule has 1 N–H and O–H groups in total. The van der Waals surface area contributed by atoms with E-state index >= 15 is 0 Å². The van der Waals surface area contributed by atoms with Crippen molar-refractivity contribution < 1.29 is 32.4 Å². The van der Waals surface area contributed by atoms with Gasteiger partial charge < -0.3 is 19.7 Å². The van der Waals surface area contributed by atoms with Crippen LogP contribution in [0.25, 0.3) is 0 Å². The van der Waals surface area contributed by atoms with Gasteiger partial charge in [-0.25, -0.2) is 8.42 Å². The number of sulfonamides is 1. The molecule has 0 aliphatic rings. The summed E-state index contributed by atoms with van der Waals surface area (Å²) >= 11 is 0. The average molecular weight is 627 g/mol. The summed E-state index contributed by atoms with van der Waals surface area (Å²) in [5.41, 5.74) is 0.722. The van der Waals surface area contributed by atoms with Crippen molar-refractivity contribution in [3.8, 4) is 11.5 Å². The zero-order valence-corrected chi connectivity index (χ0v) is 26.3. The molecule has 0 saturated carbocycles. The number of nitro groups is 1. The third-order valence-corrected chi connectivity index (χ3v) is 8.80. The highest BCUT2D eigenvalue weighted by Crippen LogP contribution is 2.30. The maximum atomic E-state index is 14.2. The molecule has 3 aromatic rings. The summed E-state index contributed by atoms with van der Waals surface area (Å²) in [6.45, 7) is 4.91. The van der Waals surface area contributed by atoms with Crippen LogP contribution in [0.15, 0.2) is 71.6 Å². The molecular weight excluding hydrogens is 588 g/mol. The van der Waals surface area contributed by atoms with E-state index < -0.39 is 33.4 Å².